The van der Waals surface area contributed by atoms with Gasteiger partial charge >= 0.3 is 18.2 Å². The summed E-state index contributed by atoms with van der Waals surface area (Å²) in [5.41, 5.74) is 0.188. The van der Waals surface area contributed by atoms with Crippen molar-refractivity contribution >= 4 is 12.1 Å². The van der Waals surface area contributed by atoms with Gasteiger partial charge in [0.05, 0.1) is 5.56 Å². The van der Waals surface area contributed by atoms with Gasteiger partial charge < -0.3 is 19.9 Å². The number of carboxylic acid groups (broad SMARTS) is 1. The molecule has 0 saturated heterocycles. The van der Waals surface area contributed by atoms with Crippen LogP contribution in [0.15, 0.2) is 30.9 Å². The number of rotatable bonds is 7. The molecule has 0 radical (unpaired) electrons. The number of halogens is 2. The fourth-order valence-corrected chi connectivity index (χ4v) is 1.45. The van der Waals surface area contributed by atoms with Gasteiger partial charge in [0.1, 0.15) is 18.9 Å². The summed E-state index contributed by atoms with van der Waals surface area (Å²) >= 11 is 0. The highest BCUT2D eigenvalue weighted by molar-refractivity contribution is 5.88. The Morgan fingerprint density at radius 3 is 2.68 bits per heavy atom. The Balaban J connectivity index is 2.66. The molecule has 1 aromatic carbocycles. The molecule has 0 saturated carbocycles. The first-order chi connectivity index (χ1) is 10.2. The second kappa shape index (κ2) is 7.39. The normalized spacial score (nSPS) is 10.7. The van der Waals surface area contributed by atoms with E-state index in [4.69, 9.17) is 5.11 Å². The summed E-state index contributed by atoms with van der Waals surface area (Å²) in [6.07, 6.45) is -3.41. The van der Waals surface area contributed by atoms with Crippen LogP contribution in [0, 0.1) is 6.92 Å². The third kappa shape index (κ3) is 5.39. The first-order valence-electron chi connectivity index (χ1n) is 6.17. The third-order valence-electron chi connectivity index (χ3n) is 2.45. The van der Waals surface area contributed by atoms with E-state index in [2.05, 4.69) is 16.1 Å². The van der Waals surface area contributed by atoms with Crippen LogP contribution in [0.25, 0.3) is 0 Å². The summed E-state index contributed by atoms with van der Waals surface area (Å²) in [5.74, 6) is -1.36. The summed E-state index contributed by atoms with van der Waals surface area (Å²) < 4.78 is 36.2. The minimum absolute atomic E-state index is 0.0423. The van der Waals surface area contributed by atoms with Gasteiger partial charge in [0.2, 0.25) is 0 Å². The van der Waals surface area contributed by atoms with Gasteiger partial charge in [0, 0.05) is 0 Å². The number of alkyl carbamates (subject to hydrolysis) is 1. The molecule has 0 bridgehead atoms. The van der Waals surface area contributed by atoms with Crippen LogP contribution in [-0.2, 0) is 4.74 Å². The summed E-state index contributed by atoms with van der Waals surface area (Å²) in [4.78, 5) is 21.8. The van der Waals surface area contributed by atoms with E-state index in [1.165, 1.54) is 19.1 Å². The molecule has 0 fully saturated rings. The zero-order valence-corrected chi connectivity index (χ0v) is 11.8. The smallest absolute Gasteiger partial charge is 0.415 e. The van der Waals surface area contributed by atoms with Gasteiger partial charge in [-0.3, -0.25) is 0 Å². The van der Waals surface area contributed by atoms with Crippen LogP contribution in [-0.4, -0.2) is 36.4 Å². The number of ether oxygens (including phenoxy) is 2. The molecule has 22 heavy (non-hydrogen) atoms. The molecule has 1 amide bonds. The number of aromatic carboxylic acids is 1. The Hall–Kier alpha value is -2.64. The standard InChI is InChI=1S/C14H15F2NO5/c1-3-6-21-13(20)17-8-14(15,16)22-11-5-4-10(12(18)19)7-9(11)2/h3-5,7H,1,6,8H2,2H3,(H,17,20)(H,18,19). The molecule has 8 heteroatoms. The minimum Gasteiger partial charge on any atom is -0.478 e. The summed E-state index contributed by atoms with van der Waals surface area (Å²) in [6.45, 7) is 3.54. The molecule has 0 aliphatic carbocycles. The maximum atomic E-state index is 13.6. The van der Waals surface area contributed by atoms with E-state index in [0.717, 1.165) is 12.1 Å². The lowest BCUT2D eigenvalue weighted by Crippen LogP contribution is -2.41. The van der Waals surface area contributed by atoms with Crippen molar-refractivity contribution < 1.29 is 33.0 Å². The topological polar surface area (TPSA) is 84.9 Å². The quantitative estimate of drug-likeness (QED) is 0.755. The van der Waals surface area contributed by atoms with Gasteiger partial charge in [-0.15, -0.1) is 0 Å². The molecule has 120 valence electrons. The zero-order chi connectivity index (χ0) is 16.8. The van der Waals surface area contributed by atoms with Crippen molar-refractivity contribution in [1.82, 2.24) is 5.32 Å². The molecule has 0 unspecified atom stereocenters. The molecule has 0 atom stereocenters. The first-order valence-corrected chi connectivity index (χ1v) is 6.17. The van der Waals surface area contributed by atoms with Crippen LogP contribution < -0.4 is 10.1 Å². The molecular formula is C14H15F2NO5. The molecule has 0 spiro atoms. The van der Waals surface area contributed by atoms with E-state index >= 15 is 0 Å². The Morgan fingerprint density at radius 2 is 2.14 bits per heavy atom. The number of carbonyl (C=O) groups excluding carboxylic acids is 1. The number of benzene rings is 1. The molecule has 0 heterocycles. The zero-order valence-electron chi connectivity index (χ0n) is 11.8. The van der Waals surface area contributed by atoms with Crippen molar-refractivity contribution in [2.24, 2.45) is 0 Å². The number of carboxylic acids is 1. The van der Waals surface area contributed by atoms with Crippen molar-refractivity contribution in [2.75, 3.05) is 13.2 Å². The predicted molar refractivity (Wildman–Crippen MR) is 73.3 cm³/mol. The predicted octanol–water partition coefficient (Wildman–Crippen LogP) is 2.58. The lowest BCUT2D eigenvalue weighted by atomic mass is 10.1. The van der Waals surface area contributed by atoms with Gasteiger partial charge in [-0.25, -0.2) is 9.59 Å². The molecule has 0 aliphatic heterocycles. The van der Waals surface area contributed by atoms with Gasteiger partial charge in [-0.05, 0) is 30.7 Å². The number of nitrogens with one attached hydrogen (secondary N) is 1. The highest BCUT2D eigenvalue weighted by Gasteiger charge is 2.33. The second-order valence-electron chi connectivity index (χ2n) is 4.27. The lowest BCUT2D eigenvalue weighted by Gasteiger charge is -2.19. The highest BCUT2D eigenvalue weighted by Crippen LogP contribution is 2.25. The lowest BCUT2D eigenvalue weighted by molar-refractivity contribution is -0.170. The number of alkyl halides is 2. The number of hydrogen-bond donors (Lipinski definition) is 2. The maximum Gasteiger partial charge on any atom is 0.415 e. The van der Waals surface area contributed by atoms with Crippen LogP contribution in [0.5, 0.6) is 5.75 Å². The van der Waals surface area contributed by atoms with E-state index in [1.807, 2.05) is 5.32 Å². The Kier molecular flexibility index (Phi) is 5.85. The maximum absolute atomic E-state index is 13.6. The largest absolute Gasteiger partial charge is 0.478 e. The van der Waals surface area contributed by atoms with Gasteiger partial charge in [0.25, 0.3) is 0 Å². The highest BCUT2D eigenvalue weighted by atomic mass is 19.3. The molecule has 1 rings (SSSR count). The number of amides is 1. The van der Waals surface area contributed by atoms with Crippen LogP contribution in [0.2, 0.25) is 0 Å². The molecule has 0 aliphatic rings. The average Bonchev–Trinajstić information content (AvgIpc) is 2.44. The number of aryl methyl sites for hydroxylation is 1. The van der Waals surface area contributed by atoms with E-state index in [9.17, 15) is 18.4 Å². The monoisotopic (exact) mass is 315 g/mol. The summed E-state index contributed by atoms with van der Waals surface area (Å²) in [7, 11) is 0. The number of carbonyl (C=O) groups is 2. The van der Waals surface area contributed by atoms with Crippen LogP contribution >= 0.6 is 0 Å². The fraction of sp³-hybridized carbons (Fsp3) is 0.286. The van der Waals surface area contributed by atoms with Gasteiger partial charge in [-0.2, -0.15) is 8.78 Å². The molecule has 2 N–H and O–H groups in total. The van der Waals surface area contributed by atoms with Crippen molar-refractivity contribution in [2.45, 2.75) is 13.0 Å². The summed E-state index contributed by atoms with van der Waals surface area (Å²) in [5, 5.41) is 10.6. The Bertz CT molecular complexity index is 574. The Labute approximate surface area is 125 Å². The van der Waals surface area contributed by atoms with Gasteiger partial charge in [0.15, 0.2) is 0 Å². The SMILES string of the molecule is C=CCOC(=O)NCC(F)(F)Oc1ccc(C(=O)O)cc1C. The fourth-order valence-electron chi connectivity index (χ4n) is 1.45. The van der Waals surface area contributed by atoms with Crippen molar-refractivity contribution in [3.63, 3.8) is 0 Å². The average molecular weight is 315 g/mol. The van der Waals surface area contributed by atoms with E-state index < -0.39 is 24.7 Å². The van der Waals surface area contributed by atoms with Crippen molar-refractivity contribution in [3.05, 3.63) is 42.0 Å². The molecule has 0 aromatic heterocycles. The summed E-state index contributed by atoms with van der Waals surface area (Å²) in [6, 6.07) is 3.48. The second-order valence-corrected chi connectivity index (χ2v) is 4.27. The van der Waals surface area contributed by atoms with Crippen molar-refractivity contribution in [3.8, 4) is 5.75 Å². The van der Waals surface area contributed by atoms with E-state index in [-0.39, 0.29) is 23.5 Å². The minimum atomic E-state index is -3.68. The van der Waals surface area contributed by atoms with Crippen LogP contribution in [0.4, 0.5) is 13.6 Å². The van der Waals surface area contributed by atoms with E-state index in [1.54, 1.807) is 0 Å². The third-order valence-corrected chi connectivity index (χ3v) is 2.45. The van der Waals surface area contributed by atoms with Crippen molar-refractivity contribution in [1.29, 1.82) is 0 Å². The molecule has 6 nitrogen and oxygen atoms in total. The molecular weight excluding hydrogens is 300 g/mol. The van der Waals surface area contributed by atoms with Gasteiger partial charge in [-0.1, -0.05) is 12.7 Å². The van der Waals surface area contributed by atoms with Crippen LogP contribution in [0.1, 0.15) is 15.9 Å². The van der Waals surface area contributed by atoms with E-state index in [0.29, 0.717) is 0 Å². The number of hydrogen-bond acceptors (Lipinski definition) is 4. The Morgan fingerprint density at radius 1 is 1.45 bits per heavy atom. The van der Waals surface area contributed by atoms with Crippen LogP contribution in [0.3, 0.4) is 0 Å². The first kappa shape index (κ1) is 17.4. The molecule has 1 aromatic rings.